The first-order chi connectivity index (χ1) is 7.49. The van der Waals surface area contributed by atoms with Crippen LogP contribution in [0.25, 0.3) is 5.65 Å². The van der Waals surface area contributed by atoms with Gasteiger partial charge >= 0.3 is 5.97 Å². The molecule has 0 aliphatic rings. The molecule has 0 spiro atoms. The van der Waals surface area contributed by atoms with Crippen molar-refractivity contribution >= 4 is 11.6 Å². The van der Waals surface area contributed by atoms with Crippen molar-refractivity contribution in [2.24, 2.45) is 0 Å². The van der Waals surface area contributed by atoms with E-state index in [1.807, 2.05) is 20.0 Å². The van der Waals surface area contributed by atoms with Crippen molar-refractivity contribution in [3.8, 4) is 0 Å². The summed E-state index contributed by atoms with van der Waals surface area (Å²) in [5.41, 5.74) is 1.18. The number of hydrogen-bond donors (Lipinski definition) is 1. The number of carbonyl (C=O) groups is 1. The third-order valence-corrected chi connectivity index (χ3v) is 2.62. The Morgan fingerprint density at radius 3 is 3.00 bits per heavy atom. The maximum absolute atomic E-state index is 10.8. The summed E-state index contributed by atoms with van der Waals surface area (Å²) in [6, 6.07) is 1.80. The van der Waals surface area contributed by atoms with Gasteiger partial charge in [-0.3, -0.25) is 4.79 Å². The van der Waals surface area contributed by atoms with E-state index in [1.165, 1.54) is 0 Å². The molecule has 1 N–H and O–H groups in total. The molecule has 0 saturated carbocycles. The van der Waals surface area contributed by atoms with E-state index in [0.717, 1.165) is 11.2 Å². The first kappa shape index (κ1) is 10.6. The lowest BCUT2D eigenvalue weighted by Crippen LogP contribution is -2.22. The first-order valence-electron chi connectivity index (χ1n) is 5.01. The van der Waals surface area contributed by atoms with Crippen LogP contribution in [0.5, 0.6) is 0 Å². The van der Waals surface area contributed by atoms with Gasteiger partial charge < -0.3 is 5.11 Å². The van der Waals surface area contributed by atoms with E-state index in [4.69, 9.17) is 5.11 Å². The lowest BCUT2D eigenvalue weighted by Gasteiger charge is -2.22. The van der Waals surface area contributed by atoms with Crippen molar-refractivity contribution in [3.63, 3.8) is 0 Å². The molecule has 0 aliphatic carbocycles. The average Bonchev–Trinajstić information content (AvgIpc) is 2.61. The lowest BCUT2D eigenvalue weighted by molar-refractivity contribution is -0.138. The maximum Gasteiger partial charge on any atom is 0.304 e. The predicted molar refractivity (Wildman–Crippen MR) is 58.3 cm³/mol. The monoisotopic (exact) mass is 219 g/mol. The third kappa shape index (κ3) is 1.88. The highest BCUT2D eigenvalue weighted by molar-refractivity contribution is 5.68. The van der Waals surface area contributed by atoms with Gasteiger partial charge in [0.05, 0.1) is 12.6 Å². The molecule has 0 bridgehead atoms. The smallest absolute Gasteiger partial charge is 0.304 e. The van der Waals surface area contributed by atoms with E-state index in [0.29, 0.717) is 0 Å². The van der Waals surface area contributed by atoms with Gasteiger partial charge in [-0.1, -0.05) is 13.8 Å². The average molecular weight is 219 g/mol. The van der Waals surface area contributed by atoms with E-state index in [9.17, 15) is 4.79 Å². The molecule has 0 radical (unpaired) electrons. The van der Waals surface area contributed by atoms with Gasteiger partial charge in [-0.25, -0.2) is 9.50 Å². The first-order valence-corrected chi connectivity index (χ1v) is 5.01. The second kappa shape index (κ2) is 3.59. The zero-order valence-electron chi connectivity index (χ0n) is 9.21. The van der Waals surface area contributed by atoms with Crippen molar-refractivity contribution < 1.29 is 9.90 Å². The maximum atomic E-state index is 10.8. The fourth-order valence-electron chi connectivity index (χ4n) is 1.64. The Bertz CT molecular complexity index is 531. The van der Waals surface area contributed by atoms with Crippen LogP contribution >= 0.6 is 0 Å². The number of aromatic nitrogens is 3. The number of hydrogen-bond acceptors (Lipinski definition) is 3. The Labute approximate surface area is 92.7 Å². The molecular weight excluding hydrogens is 206 g/mol. The molecule has 5 heteroatoms. The fraction of sp³-hybridized carbons (Fsp3) is 0.364. The van der Waals surface area contributed by atoms with Crippen molar-refractivity contribution in [1.29, 1.82) is 0 Å². The lowest BCUT2D eigenvalue weighted by atomic mass is 9.83. The normalized spacial score (nSPS) is 11.9. The summed E-state index contributed by atoms with van der Waals surface area (Å²) < 4.78 is 1.65. The van der Waals surface area contributed by atoms with Crippen LogP contribution in [0.15, 0.2) is 24.7 Å². The van der Waals surface area contributed by atoms with Gasteiger partial charge in [0, 0.05) is 23.9 Å². The molecule has 0 atom stereocenters. The van der Waals surface area contributed by atoms with Gasteiger partial charge in [-0.15, -0.1) is 0 Å². The minimum Gasteiger partial charge on any atom is -0.481 e. The number of nitrogens with zero attached hydrogens (tertiary/aromatic N) is 3. The van der Waals surface area contributed by atoms with Crippen LogP contribution in [-0.4, -0.2) is 25.7 Å². The van der Waals surface area contributed by atoms with E-state index >= 15 is 0 Å². The molecular formula is C11H13N3O2. The predicted octanol–water partition coefficient (Wildman–Crippen LogP) is 1.48. The van der Waals surface area contributed by atoms with Gasteiger partial charge in [-0.2, -0.15) is 5.10 Å². The van der Waals surface area contributed by atoms with Gasteiger partial charge in [0.25, 0.3) is 0 Å². The molecule has 5 nitrogen and oxygen atoms in total. The number of carboxylic acids is 1. The summed E-state index contributed by atoms with van der Waals surface area (Å²) in [7, 11) is 0. The Hall–Kier alpha value is -1.91. The second-order valence-electron chi connectivity index (χ2n) is 4.43. The topological polar surface area (TPSA) is 67.5 Å². The zero-order chi connectivity index (χ0) is 11.8. The molecule has 0 amide bonds. The molecule has 2 heterocycles. The summed E-state index contributed by atoms with van der Waals surface area (Å²) in [6.07, 6.45) is 5.27. The van der Waals surface area contributed by atoms with Crippen LogP contribution in [0, 0.1) is 0 Å². The molecule has 2 aromatic rings. The Kier molecular flexibility index (Phi) is 2.38. The summed E-state index contributed by atoms with van der Waals surface area (Å²) in [4.78, 5) is 15.0. The molecule has 0 aliphatic heterocycles. The molecule has 0 aromatic carbocycles. The summed E-state index contributed by atoms with van der Waals surface area (Å²) >= 11 is 0. The Balaban J connectivity index is 2.41. The molecule has 84 valence electrons. The van der Waals surface area contributed by atoms with Gasteiger partial charge in [0.1, 0.15) is 0 Å². The summed E-state index contributed by atoms with van der Waals surface area (Å²) in [5, 5.41) is 12.9. The van der Waals surface area contributed by atoms with Crippen molar-refractivity contribution in [3.05, 3.63) is 30.2 Å². The van der Waals surface area contributed by atoms with Crippen molar-refractivity contribution in [2.75, 3.05) is 0 Å². The molecule has 0 unspecified atom stereocenters. The van der Waals surface area contributed by atoms with Crippen LogP contribution in [0.1, 0.15) is 25.8 Å². The van der Waals surface area contributed by atoms with E-state index in [-0.39, 0.29) is 6.42 Å². The Morgan fingerprint density at radius 1 is 1.56 bits per heavy atom. The standard InChI is InChI=1S/C11H13N3O2/c1-11(2,5-10(15)16)8-6-12-9-3-4-13-14(9)7-8/h3-4,6-7H,5H2,1-2H3,(H,15,16). The van der Waals surface area contributed by atoms with E-state index in [1.54, 1.807) is 23.0 Å². The van der Waals surface area contributed by atoms with Crippen LogP contribution in [0.2, 0.25) is 0 Å². The molecule has 2 rings (SSSR count). The van der Waals surface area contributed by atoms with Crippen LogP contribution in [0.3, 0.4) is 0 Å². The minimum absolute atomic E-state index is 0.0709. The molecule has 0 saturated heterocycles. The van der Waals surface area contributed by atoms with Crippen molar-refractivity contribution in [2.45, 2.75) is 25.7 Å². The molecule has 16 heavy (non-hydrogen) atoms. The summed E-state index contributed by atoms with van der Waals surface area (Å²) in [6.45, 7) is 3.76. The highest BCUT2D eigenvalue weighted by Crippen LogP contribution is 2.26. The fourth-order valence-corrected chi connectivity index (χ4v) is 1.64. The SMILES string of the molecule is CC(C)(CC(=O)O)c1cnc2ccnn2c1. The number of aliphatic carboxylic acids is 1. The highest BCUT2D eigenvalue weighted by atomic mass is 16.4. The molecule has 2 aromatic heterocycles. The second-order valence-corrected chi connectivity index (χ2v) is 4.43. The van der Waals surface area contributed by atoms with Crippen LogP contribution in [0.4, 0.5) is 0 Å². The van der Waals surface area contributed by atoms with E-state index in [2.05, 4.69) is 10.1 Å². The van der Waals surface area contributed by atoms with Gasteiger partial charge in [-0.05, 0) is 5.56 Å². The summed E-state index contributed by atoms with van der Waals surface area (Å²) in [5.74, 6) is -0.814. The highest BCUT2D eigenvalue weighted by Gasteiger charge is 2.25. The molecule has 0 fully saturated rings. The largest absolute Gasteiger partial charge is 0.481 e. The third-order valence-electron chi connectivity index (χ3n) is 2.62. The quantitative estimate of drug-likeness (QED) is 0.849. The zero-order valence-corrected chi connectivity index (χ0v) is 9.21. The van der Waals surface area contributed by atoms with E-state index < -0.39 is 11.4 Å². The number of rotatable bonds is 3. The number of fused-ring (bicyclic) bond motifs is 1. The van der Waals surface area contributed by atoms with Crippen LogP contribution in [-0.2, 0) is 10.2 Å². The van der Waals surface area contributed by atoms with Gasteiger partial charge in [0.15, 0.2) is 5.65 Å². The van der Waals surface area contributed by atoms with Crippen molar-refractivity contribution in [1.82, 2.24) is 14.6 Å². The number of carboxylic acid groups (broad SMARTS) is 1. The Morgan fingerprint density at radius 2 is 2.31 bits per heavy atom. The van der Waals surface area contributed by atoms with Gasteiger partial charge in [0.2, 0.25) is 0 Å². The minimum atomic E-state index is -0.814. The van der Waals surface area contributed by atoms with Crippen LogP contribution < -0.4 is 0 Å².